The molecule has 0 radical (unpaired) electrons. The van der Waals surface area contributed by atoms with Crippen LogP contribution in [0.1, 0.15) is 51.8 Å². The monoisotopic (exact) mass is 629 g/mol. The summed E-state index contributed by atoms with van der Waals surface area (Å²) in [5.74, 6) is -0.950. The summed E-state index contributed by atoms with van der Waals surface area (Å²) < 4.78 is 1.19. The van der Waals surface area contributed by atoms with E-state index in [1.165, 1.54) is 33.4 Å². The van der Waals surface area contributed by atoms with Crippen molar-refractivity contribution in [3.05, 3.63) is 142 Å². The summed E-state index contributed by atoms with van der Waals surface area (Å²) in [7, 11) is 0. The van der Waals surface area contributed by atoms with Gasteiger partial charge < -0.3 is 24.8 Å². The van der Waals surface area contributed by atoms with Gasteiger partial charge in [-0.25, -0.2) is 0 Å². The predicted molar refractivity (Wildman–Crippen MR) is 155 cm³/mol. The van der Waals surface area contributed by atoms with Gasteiger partial charge in [0.2, 0.25) is 0 Å². The number of allylic oxidation sites excluding steroid dienone is 2. The van der Waals surface area contributed by atoms with Crippen molar-refractivity contribution in [2.45, 2.75) is 34.2 Å². The molecule has 0 N–H and O–H groups in total. The Balaban J connectivity index is 0.00000168. The first-order valence-corrected chi connectivity index (χ1v) is 23.1. The molecule has 2 atom stereocenters. The molecule has 0 aliphatic heterocycles. The van der Waals surface area contributed by atoms with Crippen LogP contribution in [0.4, 0.5) is 0 Å². The maximum atomic E-state index is 2.65. The fourth-order valence-corrected chi connectivity index (χ4v) is 28.7. The van der Waals surface area contributed by atoms with Crippen molar-refractivity contribution in [1.82, 2.24) is 0 Å². The van der Waals surface area contributed by atoms with Gasteiger partial charge in [0.1, 0.15) is 0 Å². The Morgan fingerprint density at radius 2 is 0.895 bits per heavy atom. The second-order valence-electron chi connectivity index (χ2n) is 10.6. The summed E-state index contributed by atoms with van der Waals surface area (Å²) >= 11 is -2.19. The summed E-state index contributed by atoms with van der Waals surface area (Å²) in [5.41, 5.74) is 15.0. The standard InChI is InChI=1S/2C16H13.C2H7Si.2ClH.Zr/c2*1-12-6-2-5-9-16(12)15-10-13-7-3-4-8-14(13)11-15;1-3-2;;;/h2*2-11H,1H3;3H,1-2H3;2*1H;/q;;;;;+2/p-2. The van der Waals surface area contributed by atoms with Gasteiger partial charge >= 0.3 is 226 Å². The predicted octanol–water partition coefficient (Wildman–Crippen LogP) is 2.80. The molecule has 6 rings (SSSR count). The quantitative estimate of drug-likeness (QED) is 0.298. The summed E-state index contributed by atoms with van der Waals surface area (Å²) in [6, 6.07) is 36.7. The minimum absolute atomic E-state index is 0. The summed E-state index contributed by atoms with van der Waals surface area (Å²) in [4.78, 5) is 0. The number of hydrogen-bond donors (Lipinski definition) is 0. The van der Waals surface area contributed by atoms with Crippen molar-refractivity contribution in [1.29, 1.82) is 0 Å². The Morgan fingerprint density at radius 3 is 1.29 bits per heavy atom. The summed E-state index contributed by atoms with van der Waals surface area (Å²) in [5, 5.41) is 0. The van der Waals surface area contributed by atoms with Crippen LogP contribution in [-0.2, 0) is 20.9 Å². The SMILES string of the molecule is Cc1ccccc1C1=Cc2ccccc2[CH]1[Zr+2]([CH]1C(c2ccccc2C)=Cc2ccccc21)[SiH](C)C.[Cl-].[Cl-]. The molecule has 0 aromatic heterocycles. The van der Waals surface area contributed by atoms with Gasteiger partial charge in [0.25, 0.3) is 0 Å². The van der Waals surface area contributed by atoms with E-state index in [0.29, 0.717) is 7.25 Å². The van der Waals surface area contributed by atoms with E-state index < -0.39 is 26.8 Å². The molecule has 38 heavy (non-hydrogen) atoms. The fraction of sp³-hybridized carbons (Fsp3) is 0.176. The number of benzene rings is 4. The zero-order chi connectivity index (χ0) is 24.8. The van der Waals surface area contributed by atoms with E-state index in [4.69, 9.17) is 0 Å². The maximum absolute atomic E-state index is 2.65. The van der Waals surface area contributed by atoms with E-state index in [1.54, 1.807) is 22.3 Å². The topological polar surface area (TPSA) is 0 Å². The van der Waals surface area contributed by atoms with Gasteiger partial charge in [0, 0.05) is 0 Å². The van der Waals surface area contributed by atoms with Crippen LogP contribution in [0.25, 0.3) is 23.3 Å². The Kier molecular flexibility index (Phi) is 9.21. The molecular formula is C34H33Cl2SiZr. The molecule has 4 aromatic carbocycles. The first kappa shape index (κ1) is 29.0. The van der Waals surface area contributed by atoms with Crippen molar-refractivity contribution >= 4 is 29.2 Å². The molecule has 2 aliphatic rings. The van der Waals surface area contributed by atoms with Crippen LogP contribution in [0.2, 0.25) is 13.1 Å². The second kappa shape index (κ2) is 12.1. The van der Waals surface area contributed by atoms with Crippen LogP contribution in [0, 0.1) is 13.8 Å². The smallest absolute Gasteiger partial charge is 1.00 e. The van der Waals surface area contributed by atoms with E-state index in [1.807, 2.05) is 0 Å². The molecule has 0 spiro atoms. The van der Waals surface area contributed by atoms with Gasteiger partial charge in [-0.3, -0.25) is 0 Å². The van der Waals surface area contributed by atoms with E-state index in [9.17, 15) is 0 Å². The van der Waals surface area contributed by atoms with Crippen molar-refractivity contribution in [3.8, 4) is 0 Å². The zero-order valence-corrected chi connectivity index (χ0v) is 27.5. The van der Waals surface area contributed by atoms with E-state index >= 15 is 0 Å². The Labute approximate surface area is 249 Å². The summed E-state index contributed by atoms with van der Waals surface area (Å²) in [6.07, 6.45) is 5.08. The van der Waals surface area contributed by atoms with Crippen molar-refractivity contribution in [2.24, 2.45) is 0 Å². The molecule has 4 aromatic rings. The molecule has 0 bridgehead atoms. The largest absolute Gasteiger partial charge is 1.00 e. The number of hydrogen-bond acceptors (Lipinski definition) is 0. The third-order valence-electron chi connectivity index (χ3n) is 8.10. The molecule has 0 nitrogen and oxygen atoms in total. The van der Waals surface area contributed by atoms with Gasteiger partial charge in [-0.1, -0.05) is 0 Å². The fourth-order valence-electron chi connectivity index (χ4n) is 6.46. The Hall–Kier alpha value is -1.96. The van der Waals surface area contributed by atoms with Crippen molar-refractivity contribution in [3.63, 3.8) is 0 Å². The van der Waals surface area contributed by atoms with Crippen LogP contribution in [-0.4, -0.2) is 5.92 Å². The van der Waals surface area contributed by atoms with Crippen LogP contribution in [0.5, 0.6) is 0 Å². The number of fused-ring (bicyclic) bond motifs is 2. The molecule has 0 heterocycles. The first-order chi connectivity index (χ1) is 17.5. The van der Waals surface area contributed by atoms with Gasteiger partial charge in [-0.05, 0) is 0 Å². The molecule has 0 saturated heterocycles. The van der Waals surface area contributed by atoms with Gasteiger partial charge in [-0.15, -0.1) is 0 Å². The van der Waals surface area contributed by atoms with Gasteiger partial charge in [0.05, 0.1) is 0 Å². The van der Waals surface area contributed by atoms with E-state index in [0.717, 1.165) is 0 Å². The zero-order valence-electron chi connectivity index (χ0n) is 22.4. The Morgan fingerprint density at radius 1 is 0.526 bits per heavy atom. The van der Waals surface area contributed by atoms with Crippen molar-refractivity contribution < 1.29 is 45.7 Å². The molecule has 0 saturated carbocycles. The van der Waals surface area contributed by atoms with Gasteiger partial charge in [0.15, 0.2) is 0 Å². The minimum atomic E-state index is -2.19. The second-order valence-corrected chi connectivity index (χ2v) is 30.7. The first-order valence-electron chi connectivity index (χ1n) is 13.1. The number of aryl methyl sites for hydroxylation is 2. The van der Waals surface area contributed by atoms with E-state index in [2.05, 4.69) is 136 Å². The third kappa shape index (κ3) is 5.02. The summed E-state index contributed by atoms with van der Waals surface area (Å²) in [6.45, 7) is 9.88. The average molecular weight is 632 g/mol. The Bertz CT molecular complexity index is 1410. The van der Waals surface area contributed by atoms with Crippen molar-refractivity contribution in [2.75, 3.05) is 0 Å². The number of rotatable bonds is 5. The molecule has 191 valence electrons. The van der Waals surface area contributed by atoms with Crippen LogP contribution < -0.4 is 24.8 Å². The average Bonchev–Trinajstić information content (AvgIpc) is 3.44. The molecule has 4 heteroatoms. The minimum Gasteiger partial charge on any atom is -1.00 e. The number of halogens is 2. The van der Waals surface area contributed by atoms with Crippen LogP contribution in [0.15, 0.2) is 97.1 Å². The van der Waals surface area contributed by atoms with Gasteiger partial charge in [-0.2, -0.15) is 0 Å². The molecule has 0 fully saturated rings. The maximum Gasteiger partial charge on any atom is -1.00 e. The molecule has 2 aliphatic carbocycles. The molecule has 0 amide bonds. The van der Waals surface area contributed by atoms with Crippen LogP contribution >= 0.6 is 0 Å². The molecular weight excluding hydrogens is 599 g/mol. The van der Waals surface area contributed by atoms with Crippen LogP contribution in [0.3, 0.4) is 0 Å². The van der Waals surface area contributed by atoms with E-state index in [-0.39, 0.29) is 24.8 Å². The normalized spacial score (nSPS) is 17.1. The third-order valence-corrected chi connectivity index (χ3v) is 29.5. The molecule has 2 unspecified atom stereocenters.